The van der Waals surface area contributed by atoms with E-state index in [1.54, 1.807) is 18.9 Å². The van der Waals surface area contributed by atoms with Crippen LogP contribution in [0.4, 0.5) is 0 Å². The van der Waals surface area contributed by atoms with E-state index in [0.717, 1.165) is 28.0 Å². The van der Waals surface area contributed by atoms with Gasteiger partial charge >= 0.3 is 0 Å². The van der Waals surface area contributed by atoms with E-state index in [0.29, 0.717) is 23.5 Å². The molecule has 0 aliphatic carbocycles. The van der Waals surface area contributed by atoms with Crippen molar-refractivity contribution in [2.24, 2.45) is 13.0 Å². The molecule has 0 radical (unpaired) electrons. The van der Waals surface area contributed by atoms with Crippen LogP contribution in [0.25, 0.3) is 28.0 Å². The second-order valence-electron chi connectivity index (χ2n) is 7.97. The molecule has 0 amide bonds. The third kappa shape index (κ3) is 3.91. The van der Waals surface area contributed by atoms with Crippen molar-refractivity contribution in [1.82, 2.24) is 19.2 Å². The molecule has 0 fully saturated rings. The number of nitrogens with zero attached hydrogens (tertiary/aromatic N) is 4. The number of aromatic nitrogens is 4. The highest BCUT2D eigenvalue weighted by Crippen LogP contribution is 2.37. The molecular weight excluding hydrogens is 392 g/mol. The number of rotatable bonds is 7. The number of hydrogen-bond donors (Lipinski definition) is 0. The Labute approximate surface area is 181 Å². The van der Waals surface area contributed by atoms with Gasteiger partial charge in [0.1, 0.15) is 22.7 Å². The molecule has 4 rings (SSSR count). The third-order valence-corrected chi connectivity index (χ3v) is 5.23. The van der Waals surface area contributed by atoms with E-state index in [9.17, 15) is 4.79 Å². The molecule has 0 saturated heterocycles. The Morgan fingerprint density at radius 1 is 1.03 bits per heavy atom. The second kappa shape index (κ2) is 8.26. The molecular formula is C24H26N4O3. The molecule has 0 unspecified atom stereocenters. The van der Waals surface area contributed by atoms with Gasteiger partial charge in [-0.3, -0.25) is 13.9 Å². The number of imidazole rings is 1. The van der Waals surface area contributed by atoms with Crippen LogP contribution in [0.15, 0.2) is 49.1 Å². The highest BCUT2D eigenvalue weighted by atomic mass is 16.5. The van der Waals surface area contributed by atoms with E-state index in [-0.39, 0.29) is 11.7 Å². The highest BCUT2D eigenvalue weighted by Gasteiger charge is 2.22. The van der Waals surface area contributed by atoms with Crippen LogP contribution in [0, 0.1) is 5.92 Å². The minimum Gasteiger partial charge on any atom is -0.496 e. The van der Waals surface area contributed by atoms with E-state index in [1.165, 1.54) is 0 Å². The van der Waals surface area contributed by atoms with Gasteiger partial charge in [0.25, 0.3) is 0 Å². The number of pyridine rings is 1. The molecule has 0 saturated carbocycles. The summed E-state index contributed by atoms with van der Waals surface area (Å²) in [5.41, 5.74) is 5.11. The quantitative estimate of drug-likeness (QED) is 0.409. The predicted molar refractivity (Wildman–Crippen MR) is 120 cm³/mol. The van der Waals surface area contributed by atoms with Gasteiger partial charge in [-0.1, -0.05) is 13.8 Å². The van der Waals surface area contributed by atoms with E-state index < -0.39 is 0 Å². The van der Waals surface area contributed by atoms with Crippen LogP contribution in [0.2, 0.25) is 0 Å². The summed E-state index contributed by atoms with van der Waals surface area (Å²) in [6.45, 7) is 4.03. The van der Waals surface area contributed by atoms with Gasteiger partial charge in [-0.2, -0.15) is 5.10 Å². The van der Waals surface area contributed by atoms with Crippen molar-refractivity contribution in [2.75, 3.05) is 14.2 Å². The zero-order valence-electron chi connectivity index (χ0n) is 18.4. The Hall–Kier alpha value is -3.61. The zero-order chi connectivity index (χ0) is 22.1. The largest absolute Gasteiger partial charge is 0.496 e. The van der Waals surface area contributed by atoms with E-state index in [1.807, 2.05) is 74.3 Å². The molecule has 0 aliphatic heterocycles. The fourth-order valence-electron chi connectivity index (χ4n) is 3.75. The monoisotopic (exact) mass is 418 g/mol. The lowest BCUT2D eigenvalue weighted by molar-refractivity contribution is 0.0961. The van der Waals surface area contributed by atoms with Crippen molar-refractivity contribution in [2.45, 2.75) is 20.3 Å². The molecule has 0 aliphatic rings. The fraction of sp³-hybridized carbons (Fsp3) is 0.292. The Morgan fingerprint density at radius 2 is 1.74 bits per heavy atom. The summed E-state index contributed by atoms with van der Waals surface area (Å²) in [7, 11) is 5.03. The Morgan fingerprint density at radius 3 is 2.32 bits per heavy atom. The number of benzene rings is 1. The van der Waals surface area contributed by atoms with Crippen LogP contribution in [0.1, 0.15) is 30.6 Å². The van der Waals surface area contributed by atoms with Gasteiger partial charge in [0.15, 0.2) is 5.78 Å². The van der Waals surface area contributed by atoms with E-state index >= 15 is 0 Å². The maximum atomic E-state index is 12.8. The minimum atomic E-state index is 0.00880. The van der Waals surface area contributed by atoms with Crippen LogP contribution in [-0.4, -0.2) is 39.2 Å². The lowest BCUT2D eigenvalue weighted by Gasteiger charge is -2.15. The average Bonchev–Trinajstić information content (AvgIpc) is 3.37. The van der Waals surface area contributed by atoms with Gasteiger partial charge in [0.2, 0.25) is 0 Å². The van der Waals surface area contributed by atoms with Crippen molar-refractivity contribution in [3.8, 4) is 33.9 Å². The summed E-state index contributed by atoms with van der Waals surface area (Å²) in [6, 6.07) is 7.79. The number of carbonyl (C=O) groups is 1. The SMILES string of the molecule is COc1cc(-c2cnc3cc(-c4cnn(C)c4)ccn23)cc(OC)c1C(=O)CC(C)C. The van der Waals surface area contributed by atoms with Crippen molar-refractivity contribution in [3.05, 3.63) is 54.6 Å². The van der Waals surface area contributed by atoms with Crippen LogP contribution in [0.5, 0.6) is 11.5 Å². The van der Waals surface area contributed by atoms with Crippen LogP contribution in [0.3, 0.4) is 0 Å². The standard InChI is InChI=1S/C24H26N4O3/c1-15(2)8-20(29)24-21(30-4)9-17(10-22(24)31-5)19-13-25-23-11-16(6-7-28(19)23)18-12-26-27(3)14-18/h6-7,9-15H,8H2,1-5H3. The maximum Gasteiger partial charge on any atom is 0.170 e. The lowest BCUT2D eigenvalue weighted by atomic mass is 9.97. The molecule has 0 bridgehead atoms. The van der Waals surface area contributed by atoms with Crippen molar-refractivity contribution in [3.63, 3.8) is 0 Å². The first-order chi connectivity index (χ1) is 14.9. The van der Waals surface area contributed by atoms with Gasteiger partial charge in [-0.05, 0) is 35.7 Å². The van der Waals surface area contributed by atoms with Gasteiger partial charge in [0.05, 0.1) is 32.3 Å². The summed E-state index contributed by atoms with van der Waals surface area (Å²) in [5.74, 6) is 1.26. The molecule has 1 aromatic carbocycles. The van der Waals surface area contributed by atoms with Gasteiger partial charge in [-0.25, -0.2) is 4.98 Å². The van der Waals surface area contributed by atoms with Crippen molar-refractivity contribution < 1.29 is 14.3 Å². The minimum absolute atomic E-state index is 0.00880. The zero-order valence-corrected chi connectivity index (χ0v) is 18.4. The third-order valence-electron chi connectivity index (χ3n) is 5.23. The number of ether oxygens (including phenoxy) is 2. The second-order valence-corrected chi connectivity index (χ2v) is 7.97. The van der Waals surface area contributed by atoms with Crippen molar-refractivity contribution >= 4 is 11.4 Å². The molecule has 31 heavy (non-hydrogen) atoms. The fourth-order valence-corrected chi connectivity index (χ4v) is 3.75. The van der Waals surface area contributed by atoms with Crippen LogP contribution < -0.4 is 9.47 Å². The summed E-state index contributed by atoms with van der Waals surface area (Å²) in [5, 5.41) is 4.24. The number of hydrogen-bond acceptors (Lipinski definition) is 5. The highest BCUT2D eigenvalue weighted by molar-refractivity contribution is 6.02. The first-order valence-corrected chi connectivity index (χ1v) is 10.2. The number of carbonyl (C=O) groups excluding carboxylic acids is 1. The normalized spacial score (nSPS) is 11.3. The number of ketones is 1. The molecule has 7 heteroatoms. The van der Waals surface area contributed by atoms with Crippen molar-refractivity contribution in [1.29, 1.82) is 0 Å². The summed E-state index contributed by atoms with van der Waals surface area (Å²) >= 11 is 0. The Kier molecular flexibility index (Phi) is 5.50. The van der Waals surface area contributed by atoms with E-state index in [2.05, 4.69) is 10.1 Å². The molecule has 4 aromatic rings. The summed E-state index contributed by atoms with van der Waals surface area (Å²) in [6.07, 6.45) is 8.03. The summed E-state index contributed by atoms with van der Waals surface area (Å²) < 4.78 is 14.9. The van der Waals surface area contributed by atoms with Gasteiger partial charge in [-0.15, -0.1) is 0 Å². The van der Waals surface area contributed by atoms with Gasteiger partial charge < -0.3 is 9.47 Å². The van der Waals surface area contributed by atoms with Gasteiger partial charge in [0, 0.05) is 37.0 Å². The molecule has 0 spiro atoms. The first-order valence-electron chi connectivity index (χ1n) is 10.2. The number of methoxy groups -OCH3 is 2. The molecule has 160 valence electrons. The topological polar surface area (TPSA) is 70.7 Å². The smallest absolute Gasteiger partial charge is 0.170 e. The number of Topliss-reactive ketones (excluding diaryl/α,β-unsaturated/α-hetero) is 1. The lowest BCUT2D eigenvalue weighted by Crippen LogP contribution is -2.08. The first kappa shape index (κ1) is 20.7. The molecule has 3 aromatic heterocycles. The van der Waals surface area contributed by atoms with E-state index in [4.69, 9.17) is 9.47 Å². The number of fused-ring (bicyclic) bond motifs is 1. The molecule has 0 N–H and O–H groups in total. The Balaban J connectivity index is 1.79. The predicted octanol–water partition coefficient (Wildman–Crippen LogP) is 4.65. The van der Waals surface area contributed by atoms with Crippen LogP contribution >= 0.6 is 0 Å². The average molecular weight is 418 g/mol. The number of aryl methyl sites for hydroxylation is 1. The Bertz CT molecular complexity index is 1230. The molecule has 0 atom stereocenters. The molecule has 7 nitrogen and oxygen atoms in total. The summed E-state index contributed by atoms with van der Waals surface area (Å²) in [4.78, 5) is 17.4. The maximum absolute atomic E-state index is 12.8. The van der Waals surface area contributed by atoms with Crippen LogP contribution in [-0.2, 0) is 7.05 Å². The molecule has 3 heterocycles.